The molecular weight excluding hydrogens is 1100 g/mol. The van der Waals surface area contributed by atoms with E-state index in [2.05, 4.69) is 60.3 Å². The number of imide groups is 3. The third-order valence-electron chi connectivity index (χ3n) is 18.2. The van der Waals surface area contributed by atoms with E-state index in [1.807, 2.05) is 113 Å². The molecule has 10 rings (SSSR count). The predicted molar refractivity (Wildman–Crippen MR) is 342 cm³/mol. The first-order chi connectivity index (χ1) is 42.1. The molecule has 0 radical (unpaired) electrons. The van der Waals surface area contributed by atoms with Crippen molar-refractivity contribution in [3.63, 3.8) is 0 Å². The van der Waals surface area contributed by atoms with Crippen molar-refractivity contribution < 1.29 is 47.7 Å². The minimum atomic E-state index is -0.700. The number of ether oxygens (including phenoxy) is 4. The molecule has 13 heteroatoms. The fourth-order valence-corrected chi connectivity index (χ4v) is 12.2. The third kappa shape index (κ3) is 11.8. The summed E-state index contributed by atoms with van der Waals surface area (Å²) < 4.78 is 25.2. The van der Waals surface area contributed by atoms with Gasteiger partial charge in [-0.05, 0) is 188 Å². The number of benzene rings is 7. The van der Waals surface area contributed by atoms with Gasteiger partial charge in [0.15, 0.2) is 0 Å². The van der Waals surface area contributed by atoms with Crippen LogP contribution in [0.25, 0.3) is 0 Å². The largest absolute Gasteiger partial charge is 0.490 e. The maximum absolute atomic E-state index is 14.4. The summed E-state index contributed by atoms with van der Waals surface area (Å²) in [4.78, 5) is 83.7. The summed E-state index contributed by atoms with van der Waals surface area (Å²) in [6.45, 7) is 24.7. The summed E-state index contributed by atoms with van der Waals surface area (Å²) in [7, 11) is 0. The number of carbonyl (C=O) groups excluding carboxylic acids is 6. The molecule has 0 bridgehead atoms. The maximum Gasteiger partial charge on any atom is 0.266 e. The van der Waals surface area contributed by atoms with Gasteiger partial charge in [-0.15, -0.1) is 0 Å². The van der Waals surface area contributed by atoms with Crippen LogP contribution in [0, 0.1) is 5.92 Å². The van der Waals surface area contributed by atoms with E-state index in [1.165, 1.54) is 22.0 Å². The molecule has 0 fully saturated rings. The first-order valence-corrected chi connectivity index (χ1v) is 30.3. The number of anilines is 1. The Balaban J connectivity index is 0.719. The zero-order valence-corrected chi connectivity index (χ0v) is 51.8. The molecule has 1 unspecified atom stereocenters. The third-order valence-corrected chi connectivity index (χ3v) is 18.2. The van der Waals surface area contributed by atoms with Gasteiger partial charge in [-0.3, -0.25) is 33.7 Å². The molecule has 0 saturated carbocycles. The number of allylic oxidation sites excluding steroid dienone is 3. The van der Waals surface area contributed by atoms with Gasteiger partial charge >= 0.3 is 0 Å². The van der Waals surface area contributed by atoms with Gasteiger partial charge in [-0.25, -0.2) is 9.80 Å². The van der Waals surface area contributed by atoms with Gasteiger partial charge in [-0.1, -0.05) is 123 Å². The quantitative estimate of drug-likeness (QED) is 0.0423. The molecular formula is C75H75N3O10. The minimum Gasteiger partial charge on any atom is -0.490 e. The lowest BCUT2D eigenvalue weighted by atomic mass is 9.78. The normalized spacial score (nSPS) is 15.1. The van der Waals surface area contributed by atoms with E-state index in [-0.39, 0.29) is 52.9 Å². The number of amides is 6. The van der Waals surface area contributed by atoms with Crippen molar-refractivity contribution in [1.29, 1.82) is 0 Å². The average molecular weight is 1180 g/mol. The fraction of sp³-hybridized carbons (Fsp3) is 0.280. The molecule has 450 valence electrons. The molecule has 0 aliphatic carbocycles. The van der Waals surface area contributed by atoms with E-state index >= 15 is 0 Å². The first-order valence-electron chi connectivity index (χ1n) is 30.3. The molecule has 0 N–H and O–H groups in total. The SMILES string of the molecule is C=C/C(CC)=C(\CC)N1C(=O)c2ccc(Oc3ccc(C(C)(C)c4ccc(Oc5ccc6c(c5)C(=O)N(C(CC)(CC)CCC(C)[C@@H](C)Oc5ccc(C(C)(C)c7ccc(Oc8ccc(N9C(=O)C=CC9=O)cc8)cc7)cc5)C6=O)cc4)cc3)cc2C1=O. The number of rotatable bonds is 24. The van der Waals surface area contributed by atoms with Crippen molar-refractivity contribution in [2.24, 2.45) is 5.92 Å². The summed E-state index contributed by atoms with van der Waals surface area (Å²) in [6.07, 6.45) is 7.78. The summed E-state index contributed by atoms with van der Waals surface area (Å²) in [6, 6.07) is 48.7. The summed E-state index contributed by atoms with van der Waals surface area (Å²) in [5.41, 5.74) is 6.21. The van der Waals surface area contributed by atoms with Crippen LogP contribution in [-0.2, 0) is 20.4 Å². The number of hydrogen-bond donors (Lipinski definition) is 0. The Morgan fingerprint density at radius 1 is 0.477 bits per heavy atom. The molecule has 0 spiro atoms. The van der Waals surface area contributed by atoms with Crippen LogP contribution < -0.4 is 23.8 Å². The Kier molecular flexibility index (Phi) is 17.5. The topological polar surface area (TPSA) is 149 Å². The second-order valence-electron chi connectivity index (χ2n) is 24.0. The smallest absolute Gasteiger partial charge is 0.266 e. The van der Waals surface area contributed by atoms with Crippen molar-refractivity contribution in [3.8, 4) is 40.2 Å². The van der Waals surface area contributed by atoms with Gasteiger partial charge in [0, 0.05) is 28.7 Å². The van der Waals surface area contributed by atoms with Gasteiger partial charge < -0.3 is 18.9 Å². The Morgan fingerprint density at radius 3 is 1.27 bits per heavy atom. The van der Waals surface area contributed by atoms with E-state index in [0.29, 0.717) is 100 Å². The average Bonchev–Trinajstić information content (AvgIpc) is 1.70. The molecule has 0 aromatic heterocycles. The van der Waals surface area contributed by atoms with Crippen LogP contribution in [0.5, 0.6) is 40.2 Å². The lowest BCUT2D eigenvalue weighted by Gasteiger charge is -2.40. The lowest BCUT2D eigenvalue weighted by molar-refractivity contribution is -0.120. The van der Waals surface area contributed by atoms with Crippen molar-refractivity contribution >= 4 is 41.1 Å². The summed E-state index contributed by atoms with van der Waals surface area (Å²) >= 11 is 0. The molecule has 88 heavy (non-hydrogen) atoms. The van der Waals surface area contributed by atoms with E-state index < -0.39 is 11.0 Å². The van der Waals surface area contributed by atoms with Crippen LogP contribution in [0.2, 0.25) is 0 Å². The van der Waals surface area contributed by atoms with Crippen molar-refractivity contribution in [3.05, 3.63) is 238 Å². The van der Waals surface area contributed by atoms with Gasteiger partial charge in [-0.2, -0.15) is 0 Å². The highest BCUT2D eigenvalue weighted by molar-refractivity contribution is 6.28. The Labute approximate surface area is 515 Å². The van der Waals surface area contributed by atoms with Crippen LogP contribution in [0.4, 0.5) is 5.69 Å². The highest BCUT2D eigenvalue weighted by Crippen LogP contribution is 2.42. The standard InChI is InChI=1S/C75H75N3O10/c1-12-49(13-2)66(14-3)77-69(81)62-39-37-60(45-64(62)70(77)82)87-57-31-21-52(22-32-57)74(10,11)53-23-33-58(34-24-53)88-61-38-40-63-65(46-61)72(84)78(71(63)83)75(15-4,16-5)44-43-47(6)48(7)85-55-27-17-50(18-28-55)73(8,9)51-19-29-56(30-20-51)86-59-35-25-54(26-36-59)76-67(79)41-42-68(76)80/h12,17-42,45-48H,1,13-16,43-44H2,2-11H3/b66-49-/t47?,48-/m1/s1. The predicted octanol–water partition coefficient (Wildman–Crippen LogP) is 17.0. The summed E-state index contributed by atoms with van der Waals surface area (Å²) in [5.74, 6) is 2.10. The van der Waals surface area contributed by atoms with E-state index in [0.717, 1.165) is 44.9 Å². The highest BCUT2D eigenvalue weighted by atomic mass is 16.5. The molecule has 7 aromatic rings. The van der Waals surface area contributed by atoms with Crippen molar-refractivity contribution in [2.75, 3.05) is 4.90 Å². The van der Waals surface area contributed by atoms with Crippen LogP contribution in [-0.4, -0.2) is 56.9 Å². The van der Waals surface area contributed by atoms with Gasteiger partial charge in [0.25, 0.3) is 35.4 Å². The molecule has 3 aliphatic rings. The van der Waals surface area contributed by atoms with Crippen LogP contribution in [0.15, 0.2) is 194 Å². The molecule has 6 amide bonds. The second kappa shape index (κ2) is 25.0. The van der Waals surface area contributed by atoms with Crippen LogP contribution >= 0.6 is 0 Å². The van der Waals surface area contributed by atoms with Gasteiger partial charge in [0.05, 0.1) is 39.6 Å². The monoisotopic (exact) mass is 1180 g/mol. The van der Waals surface area contributed by atoms with E-state index in [9.17, 15) is 28.8 Å². The molecule has 0 saturated heterocycles. The number of nitrogens with zero attached hydrogens (tertiary/aromatic N) is 3. The Morgan fingerprint density at radius 2 is 0.852 bits per heavy atom. The minimum absolute atomic E-state index is 0.101. The molecule has 3 heterocycles. The zero-order chi connectivity index (χ0) is 62.8. The number of carbonyl (C=O) groups is 6. The zero-order valence-electron chi connectivity index (χ0n) is 51.8. The molecule has 7 aromatic carbocycles. The maximum atomic E-state index is 14.4. The molecule has 13 nitrogen and oxygen atoms in total. The Bertz CT molecular complexity index is 3890. The van der Waals surface area contributed by atoms with E-state index in [4.69, 9.17) is 18.9 Å². The second-order valence-corrected chi connectivity index (χ2v) is 24.0. The molecule has 3 aliphatic heterocycles. The molecule has 2 atom stereocenters. The van der Waals surface area contributed by atoms with Crippen LogP contribution in [0.3, 0.4) is 0 Å². The number of hydrogen-bond acceptors (Lipinski definition) is 10. The van der Waals surface area contributed by atoms with Gasteiger partial charge in [0.1, 0.15) is 40.2 Å². The van der Waals surface area contributed by atoms with Crippen LogP contribution in [0.1, 0.15) is 171 Å². The number of fused-ring (bicyclic) bond motifs is 2. The Hall–Kier alpha value is -9.62. The van der Waals surface area contributed by atoms with Crippen molar-refractivity contribution in [1.82, 2.24) is 9.80 Å². The first kappa shape index (κ1) is 61.5. The van der Waals surface area contributed by atoms with Crippen molar-refractivity contribution in [2.45, 2.75) is 130 Å². The van der Waals surface area contributed by atoms with E-state index in [1.54, 1.807) is 66.7 Å². The highest BCUT2D eigenvalue weighted by Gasteiger charge is 2.48. The summed E-state index contributed by atoms with van der Waals surface area (Å²) in [5, 5.41) is 0. The van der Waals surface area contributed by atoms with Gasteiger partial charge in [0.2, 0.25) is 0 Å². The lowest BCUT2D eigenvalue weighted by Crippen LogP contribution is -2.51. The fourth-order valence-electron chi connectivity index (χ4n) is 12.2.